The van der Waals surface area contributed by atoms with Gasteiger partial charge in [-0.3, -0.25) is 0 Å². The molecule has 0 spiro atoms. The Bertz CT molecular complexity index is 1050. The largest absolute Gasteiger partial charge is 0.391 e. The molecule has 0 radical (unpaired) electrons. The average Bonchev–Trinajstić information content (AvgIpc) is 3.04. The van der Waals surface area contributed by atoms with Gasteiger partial charge in [-0.15, -0.1) is 0 Å². The van der Waals surface area contributed by atoms with Gasteiger partial charge < -0.3 is 9.63 Å². The topological polar surface area (TPSA) is 46.3 Å². The Morgan fingerprint density at radius 2 is 1.56 bits per heavy atom. The molecule has 0 aliphatic heterocycles. The highest BCUT2D eigenvalue weighted by molar-refractivity contribution is 6.39. The Morgan fingerprint density at radius 1 is 0.880 bits per heavy atom. The number of aliphatic hydroxyl groups excluding tert-OH is 1. The summed E-state index contributed by atoms with van der Waals surface area (Å²) >= 11 is 12.6. The molecule has 0 saturated heterocycles. The maximum Gasteiger partial charge on any atom is 0.176 e. The average molecular weight is 370 g/mol. The zero-order valence-corrected chi connectivity index (χ0v) is 14.6. The van der Waals surface area contributed by atoms with E-state index in [0.29, 0.717) is 32.6 Å². The number of aliphatic hydroxyl groups is 1. The van der Waals surface area contributed by atoms with Crippen molar-refractivity contribution in [3.8, 4) is 22.6 Å². The third-order valence-electron chi connectivity index (χ3n) is 4.18. The molecule has 1 aromatic heterocycles. The number of halogens is 2. The summed E-state index contributed by atoms with van der Waals surface area (Å²) in [7, 11) is 0. The second kappa shape index (κ2) is 6.52. The molecule has 5 heteroatoms. The van der Waals surface area contributed by atoms with E-state index in [-0.39, 0.29) is 6.61 Å². The van der Waals surface area contributed by atoms with Crippen LogP contribution in [0.4, 0.5) is 0 Å². The predicted molar refractivity (Wildman–Crippen MR) is 101 cm³/mol. The van der Waals surface area contributed by atoms with E-state index in [1.54, 1.807) is 18.2 Å². The van der Waals surface area contributed by atoms with Crippen molar-refractivity contribution in [3.05, 3.63) is 76.3 Å². The number of nitrogens with zero attached hydrogens (tertiary/aromatic N) is 1. The minimum atomic E-state index is -0.237. The first-order valence-electron chi connectivity index (χ1n) is 7.72. The van der Waals surface area contributed by atoms with Gasteiger partial charge in [0.2, 0.25) is 0 Å². The van der Waals surface area contributed by atoms with Crippen LogP contribution >= 0.6 is 23.2 Å². The van der Waals surface area contributed by atoms with E-state index in [1.165, 1.54) is 0 Å². The highest BCUT2D eigenvalue weighted by Crippen LogP contribution is 2.41. The Labute approximate surface area is 154 Å². The molecule has 3 nitrogen and oxygen atoms in total. The summed E-state index contributed by atoms with van der Waals surface area (Å²) in [5, 5.41) is 17.2. The first-order chi connectivity index (χ1) is 12.2. The zero-order valence-electron chi connectivity index (χ0n) is 13.0. The number of fused-ring (bicyclic) bond motifs is 1. The fourth-order valence-corrected chi connectivity index (χ4v) is 3.58. The molecule has 25 heavy (non-hydrogen) atoms. The molecule has 0 amide bonds. The first-order valence-corrected chi connectivity index (χ1v) is 8.48. The normalized spacial score (nSPS) is 11.2. The van der Waals surface area contributed by atoms with Crippen molar-refractivity contribution in [1.29, 1.82) is 0 Å². The van der Waals surface area contributed by atoms with E-state index in [4.69, 9.17) is 27.7 Å². The number of benzene rings is 3. The lowest BCUT2D eigenvalue weighted by molar-refractivity contribution is 0.281. The summed E-state index contributed by atoms with van der Waals surface area (Å²) in [6, 6.07) is 19.2. The molecule has 0 unspecified atom stereocenters. The van der Waals surface area contributed by atoms with Gasteiger partial charge in [0, 0.05) is 5.56 Å². The van der Waals surface area contributed by atoms with Crippen LogP contribution in [0.1, 0.15) is 5.56 Å². The molecule has 0 fully saturated rings. The van der Waals surface area contributed by atoms with E-state index in [1.807, 2.05) is 42.5 Å². The molecule has 0 bridgehead atoms. The SMILES string of the molecule is OCc1c(-c2cccc3ccccc23)noc1-c1c(Cl)cccc1Cl. The number of rotatable bonds is 3. The van der Waals surface area contributed by atoms with Crippen molar-refractivity contribution in [2.24, 2.45) is 0 Å². The molecule has 0 saturated carbocycles. The Balaban J connectivity index is 1.98. The van der Waals surface area contributed by atoms with Gasteiger partial charge in [0.05, 0.1) is 27.8 Å². The summed E-state index contributed by atoms with van der Waals surface area (Å²) in [5.74, 6) is 0.390. The molecule has 124 valence electrons. The highest BCUT2D eigenvalue weighted by Gasteiger charge is 2.23. The highest BCUT2D eigenvalue weighted by atomic mass is 35.5. The Hall–Kier alpha value is -2.33. The van der Waals surface area contributed by atoms with Gasteiger partial charge in [-0.05, 0) is 22.9 Å². The summed E-state index contributed by atoms with van der Waals surface area (Å²) in [6.45, 7) is -0.237. The smallest absolute Gasteiger partial charge is 0.176 e. The molecule has 3 aromatic carbocycles. The minimum Gasteiger partial charge on any atom is -0.391 e. The van der Waals surface area contributed by atoms with Crippen LogP contribution in [0.25, 0.3) is 33.4 Å². The van der Waals surface area contributed by atoms with Crippen LogP contribution < -0.4 is 0 Å². The molecule has 0 atom stereocenters. The monoisotopic (exact) mass is 369 g/mol. The lowest BCUT2D eigenvalue weighted by Gasteiger charge is -2.07. The number of aromatic nitrogens is 1. The van der Waals surface area contributed by atoms with Crippen LogP contribution in [0, 0.1) is 0 Å². The van der Waals surface area contributed by atoms with Crippen molar-refractivity contribution in [3.63, 3.8) is 0 Å². The van der Waals surface area contributed by atoms with E-state index >= 15 is 0 Å². The minimum absolute atomic E-state index is 0.237. The summed E-state index contributed by atoms with van der Waals surface area (Å²) < 4.78 is 5.56. The van der Waals surface area contributed by atoms with Gasteiger partial charge in [0.15, 0.2) is 5.76 Å². The molecule has 4 rings (SSSR count). The van der Waals surface area contributed by atoms with E-state index in [9.17, 15) is 5.11 Å². The van der Waals surface area contributed by atoms with Gasteiger partial charge in [0.25, 0.3) is 0 Å². The predicted octanol–water partition coefficient (Wildman–Crippen LogP) is 5.96. The first kappa shape index (κ1) is 16.2. The molecular weight excluding hydrogens is 357 g/mol. The molecular formula is C20H13Cl2NO2. The van der Waals surface area contributed by atoms with Crippen molar-refractivity contribution in [2.75, 3.05) is 0 Å². The molecule has 1 heterocycles. The van der Waals surface area contributed by atoms with Gasteiger partial charge in [-0.1, -0.05) is 76.9 Å². The lowest BCUT2D eigenvalue weighted by Crippen LogP contribution is -1.91. The van der Waals surface area contributed by atoms with Crippen molar-refractivity contribution >= 4 is 34.0 Å². The quantitative estimate of drug-likeness (QED) is 0.484. The number of hydrogen-bond acceptors (Lipinski definition) is 3. The van der Waals surface area contributed by atoms with E-state index in [2.05, 4.69) is 5.16 Å². The Kier molecular flexibility index (Phi) is 4.22. The van der Waals surface area contributed by atoms with Gasteiger partial charge in [-0.25, -0.2) is 0 Å². The van der Waals surface area contributed by atoms with Crippen molar-refractivity contribution in [2.45, 2.75) is 6.61 Å². The molecule has 0 aliphatic rings. The lowest BCUT2D eigenvalue weighted by atomic mass is 9.98. The number of hydrogen-bond donors (Lipinski definition) is 1. The van der Waals surface area contributed by atoms with Crippen molar-refractivity contribution in [1.82, 2.24) is 5.16 Å². The zero-order chi connectivity index (χ0) is 17.4. The van der Waals surface area contributed by atoms with Crippen LogP contribution in [0.15, 0.2) is 65.2 Å². The summed E-state index contributed by atoms with van der Waals surface area (Å²) in [4.78, 5) is 0. The second-order valence-corrected chi connectivity index (χ2v) is 6.43. The Morgan fingerprint density at radius 3 is 2.32 bits per heavy atom. The van der Waals surface area contributed by atoms with Crippen LogP contribution in [0.2, 0.25) is 10.0 Å². The van der Waals surface area contributed by atoms with Gasteiger partial charge >= 0.3 is 0 Å². The van der Waals surface area contributed by atoms with Crippen LogP contribution in [0.5, 0.6) is 0 Å². The summed E-state index contributed by atoms with van der Waals surface area (Å²) in [6.07, 6.45) is 0. The van der Waals surface area contributed by atoms with Gasteiger partial charge in [-0.2, -0.15) is 0 Å². The molecule has 0 aliphatic carbocycles. The fourth-order valence-electron chi connectivity index (χ4n) is 3.01. The van der Waals surface area contributed by atoms with Crippen LogP contribution in [-0.4, -0.2) is 10.3 Å². The third kappa shape index (κ3) is 2.71. The molecule has 1 N–H and O–H groups in total. The maximum absolute atomic E-state index is 9.98. The third-order valence-corrected chi connectivity index (χ3v) is 4.81. The van der Waals surface area contributed by atoms with Gasteiger partial charge in [0.1, 0.15) is 5.69 Å². The molecule has 4 aromatic rings. The standard InChI is InChI=1S/C20H13Cl2NO2/c21-16-9-4-10-17(22)18(16)20-15(11-24)19(23-25-20)14-8-3-6-12-5-1-2-7-13(12)14/h1-10,24H,11H2. The van der Waals surface area contributed by atoms with E-state index in [0.717, 1.165) is 16.3 Å². The fraction of sp³-hybridized carbons (Fsp3) is 0.0500. The van der Waals surface area contributed by atoms with E-state index < -0.39 is 0 Å². The summed E-state index contributed by atoms with van der Waals surface area (Å²) in [5.41, 5.74) is 2.57. The maximum atomic E-state index is 9.98. The van der Waals surface area contributed by atoms with Crippen LogP contribution in [0.3, 0.4) is 0 Å². The van der Waals surface area contributed by atoms with Crippen molar-refractivity contribution < 1.29 is 9.63 Å². The second-order valence-electron chi connectivity index (χ2n) is 5.62. The van der Waals surface area contributed by atoms with Crippen LogP contribution in [-0.2, 0) is 6.61 Å².